The molecular formula is C18H17ClN4O4. The van der Waals surface area contributed by atoms with Crippen LogP contribution in [-0.4, -0.2) is 31.3 Å². The third-order valence-electron chi connectivity index (χ3n) is 4.26. The fourth-order valence-electron chi connectivity index (χ4n) is 3.01. The molecule has 1 aliphatic rings. The van der Waals surface area contributed by atoms with Gasteiger partial charge >= 0.3 is 5.69 Å². The van der Waals surface area contributed by atoms with E-state index in [1.165, 1.54) is 18.0 Å². The third-order valence-corrected chi connectivity index (χ3v) is 4.51. The number of carbonyl (C=O) groups is 1. The van der Waals surface area contributed by atoms with Crippen molar-refractivity contribution in [2.24, 2.45) is 5.10 Å². The van der Waals surface area contributed by atoms with E-state index in [1.807, 2.05) is 0 Å². The molecule has 140 valence electrons. The van der Waals surface area contributed by atoms with Crippen molar-refractivity contribution < 1.29 is 9.90 Å². The highest BCUT2D eigenvalue weighted by Crippen LogP contribution is 2.33. The van der Waals surface area contributed by atoms with Gasteiger partial charge in [-0.2, -0.15) is 5.10 Å². The molecule has 1 amide bonds. The summed E-state index contributed by atoms with van der Waals surface area (Å²) >= 11 is 5.92. The zero-order valence-corrected chi connectivity index (χ0v) is 15.2. The fourth-order valence-corrected chi connectivity index (χ4v) is 3.14. The summed E-state index contributed by atoms with van der Waals surface area (Å²) in [6.07, 6.45) is 1.61. The number of aromatic hydroxyl groups is 1. The fraction of sp³-hybridized carbons (Fsp3) is 0.222. The van der Waals surface area contributed by atoms with Crippen molar-refractivity contribution in [3.8, 4) is 5.88 Å². The summed E-state index contributed by atoms with van der Waals surface area (Å²) in [6.45, 7) is 4.90. The van der Waals surface area contributed by atoms with E-state index in [1.54, 1.807) is 24.3 Å². The number of nitrogens with one attached hydrogen (secondary N) is 1. The van der Waals surface area contributed by atoms with E-state index < -0.39 is 23.2 Å². The normalized spacial score (nSPS) is 16.3. The van der Waals surface area contributed by atoms with Gasteiger partial charge in [-0.15, -0.1) is 6.58 Å². The maximum absolute atomic E-state index is 12.3. The summed E-state index contributed by atoms with van der Waals surface area (Å²) < 4.78 is 0.972. The third kappa shape index (κ3) is 3.43. The van der Waals surface area contributed by atoms with Crippen LogP contribution in [0.4, 0.5) is 0 Å². The number of benzene rings is 1. The molecule has 3 rings (SSSR count). The second-order valence-corrected chi connectivity index (χ2v) is 6.48. The molecule has 1 atom stereocenters. The lowest BCUT2D eigenvalue weighted by Crippen LogP contribution is -2.33. The molecule has 1 aromatic carbocycles. The molecule has 0 bridgehead atoms. The first kappa shape index (κ1) is 18.7. The Bertz CT molecular complexity index is 1050. The molecule has 0 aliphatic carbocycles. The molecule has 0 fully saturated rings. The lowest BCUT2D eigenvalue weighted by atomic mass is 9.99. The van der Waals surface area contributed by atoms with Gasteiger partial charge in [-0.25, -0.2) is 9.80 Å². The van der Waals surface area contributed by atoms with E-state index in [0.717, 1.165) is 10.1 Å². The van der Waals surface area contributed by atoms with E-state index >= 15 is 0 Å². The molecule has 2 aromatic rings. The van der Waals surface area contributed by atoms with E-state index in [-0.39, 0.29) is 30.1 Å². The van der Waals surface area contributed by atoms with Crippen LogP contribution in [0.2, 0.25) is 5.02 Å². The highest BCUT2D eigenvalue weighted by molar-refractivity contribution is 6.30. The number of halogens is 1. The van der Waals surface area contributed by atoms with E-state index in [0.29, 0.717) is 5.02 Å². The number of rotatable bonds is 4. The Morgan fingerprint density at radius 3 is 2.67 bits per heavy atom. The molecule has 1 aliphatic heterocycles. The van der Waals surface area contributed by atoms with Crippen molar-refractivity contribution >= 4 is 23.2 Å². The topological polar surface area (TPSA) is 108 Å². The summed E-state index contributed by atoms with van der Waals surface area (Å²) in [5.74, 6) is -0.831. The van der Waals surface area contributed by atoms with Crippen molar-refractivity contribution in [1.29, 1.82) is 0 Å². The first-order valence-corrected chi connectivity index (χ1v) is 8.51. The Labute approximate surface area is 159 Å². The number of amides is 1. The van der Waals surface area contributed by atoms with Gasteiger partial charge in [0.15, 0.2) is 0 Å². The summed E-state index contributed by atoms with van der Waals surface area (Å²) in [7, 11) is 0. The molecule has 0 radical (unpaired) electrons. The monoisotopic (exact) mass is 388 g/mol. The molecular weight excluding hydrogens is 372 g/mol. The largest absolute Gasteiger partial charge is 0.494 e. The number of aromatic nitrogens is 2. The quantitative estimate of drug-likeness (QED) is 0.778. The number of carbonyl (C=O) groups excluding carboxylic acids is 1. The maximum Gasteiger partial charge on any atom is 0.331 e. The minimum atomic E-state index is -0.767. The predicted octanol–water partition coefficient (Wildman–Crippen LogP) is 1.78. The predicted molar refractivity (Wildman–Crippen MR) is 101 cm³/mol. The molecule has 0 saturated heterocycles. The number of nitrogens with zero attached hydrogens (tertiary/aromatic N) is 3. The first-order chi connectivity index (χ1) is 12.8. The maximum atomic E-state index is 12.3. The van der Waals surface area contributed by atoms with Crippen LogP contribution in [-0.2, 0) is 11.3 Å². The van der Waals surface area contributed by atoms with Crippen LogP contribution < -0.4 is 11.2 Å². The van der Waals surface area contributed by atoms with Gasteiger partial charge in [0, 0.05) is 24.9 Å². The van der Waals surface area contributed by atoms with Crippen LogP contribution in [0.5, 0.6) is 5.88 Å². The van der Waals surface area contributed by atoms with E-state index in [4.69, 9.17) is 11.6 Å². The van der Waals surface area contributed by atoms with Crippen LogP contribution >= 0.6 is 11.6 Å². The second-order valence-electron chi connectivity index (χ2n) is 6.04. The number of allylic oxidation sites excluding steroid dienone is 1. The number of hydrogen-bond donors (Lipinski definition) is 2. The molecule has 2 N–H and O–H groups in total. The van der Waals surface area contributed by atoms with Crippen molar-refractivity contribution in [3.05, 3.63) is 73.9 Å². The van der Waals surface area contributed by atoms with E-state index in [2.05, 4.69) is 16.7 Å². The standard InChI is InChI=1S/C18H17ClN4O4/c1-3-8-22-17(26)15(16(25)20-18(22)27)13-9-14(23(21-13)10(2)24)11-4-6-12(19)7-5-11/h3-7,14,26H,1,8-9H2,2H3,(H,20,25,27)/t14-/m0/s1. The molecule has 9 heteroatoms. The molecule has 27 heavy (non-hydrogen) atoms. The Morgan fingerprint density at radius 2 is 2.07 bits per heavy atom. The first-order valence-electron chi connectivity index (χ1n) is 8.13. The van der Waals surface area contributed by atoms with Gasteiger partial charge in [-0.1, -0.05) is 29.8 Å². The SMILES string of the molecule is C=CCn1c(O)c(C2=NN(C(C)=O)[C@H](c3ccc(Cl)cc3)C2)c(=O)[nH]c1=O. The average Bonchev–Trinajstić information content (AvgIpc) is 3.04. The Balaban J connectivity index is 2.09. The molecule has 0 spiro atoms. The Morgan fingerprint density at radius 1 is 1.41 bits per heavy atom. The number of hydrazone groups is 1. The molecule has 0 unspecified atom stereocenters. The highest BCUT2D eigenvalue weighted by atomic mass is 35.5. The lowest BCUT2D eigenvalue weighted by Gasteiger charge is -2.20. The van der Waals surface area contributed by atoms with Crippen LogP contribution in [0.15, 0.2) is 51.6 Å². The lowest BCUT2D eigenvalue weighted by molar-refractivity contribution is -0.130. The number of H-pyrrole nitrogens is 1. The van der Waals surface area contributed by atoms with Crippen LogP contribution in [0.3, 0.4) is 0 Å². The van der Waals surface area contributed by atoms with E-state index in [9.17, 15) is 19.5 Å². The molecule has 1 aromatic heterocycles. The zero-order valence-electron chi connectivity index (χ0n) is 14.5. The molecule has 0 saturated carbocycles. The highest BCUT2D eigenvalue weighted by Gasteiger charge is 2.34. The molecule has 8 nitrogen and oxygen atoms in total. The van der Waals surface area contributed by atoms with Gasteiger partial charge in [0.25, 0.3) is 5.56 Å². The van der Waals surface area contributed by atoms with Crippen molar-refractivity contribution in [3.63, 3.8) is 0 Å². The average molecular weight is 389 g/mol. The summed E-state index contributed by atoms with van der Waals surface area (Å²) in [4.78, 5) is 38.4. The summed E-state index contributed by atoms with van der Waals surface area (Å²) in [6, 6.07) is 6.48. The smallest absolute Gasteiger partial charge is 0.331 e. The second kappa shape index (κ2) is 7.24. The van der Waals surface area contributed by atoms with Crippen LogP contribution in [0.1, 0.15) is 30.5 Å². The Hall–Kier alpha value is -3.13. The minimum absolute atomic E-state index is 0.0127. The number of aromatic amines is 1. The van der Waals surface area contributed by atoms with Gasteiger partial charge in [-0.3, -0.25) is 19.1 Å². The van der Waals surface area contributed by atoms with Crippen LogP contribution in [0.25, 0.3) is 0 Å². The van der Waals surface area contributed by atoms with Crippen molar-refractivity contribution in [2.75, 3.05) is 0 Å². The van der Waals surface area contributed by atoms with Crippen LogP contribution in [0, 0.1) is 0 Å². The van der Waals surface area contributed by atoms with Crippen molar-refractivity contribution in [2.45, 2.75) is 25.9 Å². The summed E-state index contributed by atoms with van der Waals surface area (Å²) in [5.41, 5.74) is -0.668. The van der Waals surface area contributed by atoms with Gasteiger partial charge < -0.3 is 5.11 Å². The summed E-state index contributed by atoms with van der Waals surface area (Å²) in [5, 5.41) is 16.5. The van der Waals surface area contributed by atoms with Gasteiger partial charge in [0.1, 0.15) is 5.56 Å². The van der Waals surface area contributed by atoms with Gasteiger partial charge in [0.05, 0.1) is 11.8 Å². The zero-order chi connectivity index (χ0) is 19.7. The number of hydrogen-bond acceptors (Lipinski definition) is 5. The Kier molecular flexibility index (Phi) is 5.00. The molecule has 2 heterocycles. The van der Waals surface area contributed by atoms with Gasteiger partial charge in [-0.05, 0) is 17.7 Å². The van der Waals surface area contributed by atoms with Gasteiger partial charge in [0.2, 0.25) is 11.8 Å². The minimum Gasteiger partial charge on any atom is -0.494 e. The van der Waals surface area contributed by atoms with Crippen molar-refractivity contribution in [1.82, 2.24) is 14.6 Å².